The Balaban J connectivity index is 4.18. The number of nitrogens with one attached hydrogen (secondary N) is 2. The summed E-state index contributed by atoms with van der Waals surface area (Å²) in [5.74, 6) is 0.0329. The van der Waals surface area contributed by atoms with E-state index in [1.807, 2.05) is 27.7 Å². The average molecular weight is 214 g/mol. The van der Waals surface area contributed by atoms with Gasteiger partial charge in [0.25, 0.3) is 0 Å². The van der Waals surface area contributed by atoms with Gasteiger partial charge >= 0.3 is 0 Å². The molecule has 0 aliphatic rings. The molecule has 0 heterocycles. The van der Waals surface area contributed by atoms with Gasteiger partial charge in [0.15, 0.2) is 0 Å². The molecule has 0 radical (unpaired) electrons. The maximum atomic E-state index is 11.3. The van der Waals surface area contributed by atoms with Crippen LogP contribution in [-0.2, 0) is 9.59 Å². The maximum Gasteiger partial charge on any atom is 0.220 e. The van der Waals surface area contributed by atoms with Gasteiger partial charge in [0.05, 0.1) is 5.54 Å². The highest BCUT2D eigenvalue weighted by molar-refractivity contribution is 5.77. The lowest BCUT2D eigenvalue weighted by Gasteiger charge is -2.29. The normalized spacial score (nSPS) is 14.1. The summed E-state index contributed by atoms with van der Waals surface area (Å²) in [6, 6.07) is 0. The van der Waals surface area contributed by atoms with E-state index in [-0.39, 0.29) is 17.4 Å². The van der Waals surface area contributed by atoms with Crippen molar-refractivity contribution >= 4 is 11.8 Å². The highest BCUT2D eigenvalue weighted by atomic mass is 16.2. The van der Waals surface area contributed by atoms with E-state index in [1.165, 1.54) is 0 Å². The van der Waals surface area contributed by atoms with Gasteiger partial charge < -0.3 is 10.6 Å². The average Bonchev–Trinajstić information content (AvgIpc) is 2.25. The van der Waals surface area contributed by atoms with Crippen molar-refractivity contribution in [2.45, 2.75) is 52.5 Å². The van der Waals surface area contributed by atoms with E-state index in [1.54, 1.807) is 0 Å². The molecule has 0 rings (SSSR count). The molecule has 4 heteroatoms. The van der Waals surface area contributed by atoms with Gasteiger partial charge in [-0.3, -0.25) is 9.59 Å². The minimum absolute atomic E-state index is 0.0143. The Morgan fingerprint density at radius 2 is 1.60 bits per heavy atom. The molecule has 2 amide bonds. The number of carbonyl (C=O) groups excluding carboxylic acids is 2. The maximum absolute atomic E-state index is 11.3. The molecule has 0 spiro atoms. The lowest BCUT2D eigenvalue weighted by atomic mass is 9.98. The summed E-state index contributed by atoms with van der Waals surface area (Å²) in [4.78, 5) is 22.4. The molecule has 0 aromatic heterocycles. The molecule has 1 atom stereocenters. The van der Waals surface area contributed by atoms with Gasteiger partial charge in [0.2, 0.25) is 11.8 Å². The number of hydrogen-bond acceptors (Lipinski definition) is 2. The zero-order valence-electron chi connectivity index (χ0n) is 10.1. The van der Waals surface area contributed by atoms with Crippen LogP contribution in [0.2, 0.25) is 0 Å². The van der Waals surface area contributed by atoms with Gasteiger partial charge in [-0.05, 0) is 13.3 Å². The first-order valence-electron chi connectivity index (χ1n) is 5.55. The first-order valence-corrected chi connectivity index (χ1v) is 5.55. The molecule has 15 heavy (non-hydrogen) atoms. The minimum atomic E-state index is -0.335. The molecular weight excluding hydrogens is 192 g/mol. The SMILES string of the molecule is CCC(=O)NC[C@@](C)(CC)NC(=O)CC. The highest BCUT2D eigenvalue weighted by Crippen LogP contribution is 2.08. The second kappa shape index (κ2) is 6.43. The molecule has 0 aliphatic heterocycles. The van der Waals surface area contributed by atoms with E-state index in [9.17, 15) is 9.59 Å². The molecule has 0 aromatic rings. The molecule has 0 bridgehead atoms. The molecule has 2 N–H and O–H groups in total. The van der Waals surface area contributed by atoms with E-state index in [0.29, 0.717) is 19.4 Å². The fraction of sp³-hybridized carbons (Fsp3) is 0.818. The summed E-state index contributed by atoms with van der Waals surface area (Å²) in [6.45, 7) is 8.05. The Labute approximate surface area is 91.8 Å². The van der Waals surface area contributed by atoms with E-state index >= 15 is 0 Å². The molecule has 0 fully saturated rings. The Hall–Kier alpha value is -1.06. The Morgan fingerprint density at radius 3 is 2.00 bits per heavy atom. The van der Waals surface area contributed by atoms with Crippen LogP contribution in [0.25, 0.3) is 0 Å². The predicted octanol–water partition coefficient (Wildman–Crippen LogP) is 1.21. The number of rotatable bonds is 6. The molecule has 0 saturated carbocycles. The van der Waals surface area contributed by atoms with Crippen LogP contribution >= 0.6 is 0 Å². The van der Waals surface area contributed by atoms with Gasteiger partial charge in [0.1, 0.15) is 0 Å². The van der Waals surface area contributed by atoms with Crippen molar-refractivity contribution in [3.05, 3.63) is 0 Å². The first kappa shape index (κ1) is 13.9. The second-order valence-corrected chi connectivity index (χ2v) is 3.95. The fourth-order valence-electron chi connectivity index (χ4n) is 1.10. The monoisotopic (exact) mass is 214 g/mol. The predicted molar refractivity (Wildman–Crippen MR) is 60.4 cm³/mol. The molecule has 0 aliphatic carbocycles. The summed E-state index contributed by atoms with van der Waals surface area (Å²) >= 11 is 0. The summed E-state index contributed by atoms with van der Waals surface area (Å²) < 4.78 is 0. The second-order valence-electron chi connectivity index (χ2n) is 3.95. The Morgan fingerprint density at radius 1 is 1.07 bits per heavy atom. The van der Waals surface area contributed by atoms with Crippen LogP contribution in [0.5, 0.6) is 0 Å². The lowest BCUT2D eigenvalue weighted by molar-refractivity contribution is -0.124. The van der Waals surface area contributed by atoms with Gasteiger partial charge in [-0.25, -0.2) is 0 Å². The van der Waals surface area contributed by atoms with Crippen molar-refractivity contribution < 1.29 is 9.59 Å². The van der Waals surface area contributed by atoms with Crippen LogP contribution in [0.3, 0.4) is 0 Å². The third-order valence-electron chi connectivity index (χ3n) is 2.54. The molecule has 0 unspecified atom stereocenters. The molecule has 88 valence electrons. The van der Waals surface area contributed by atoms with Gasteiger partial charge in [0, 0.05) is 19.4 Å². The number of amides is 2. The van der Waals surface area contributed by atoms with Gasteiger partial charge in [-0.1, -0.05) is 20.8 Å². The van der Waals surface area contributed by atoms with E-state index in [2.05, 4.69) is 10.6 Å². The molecule has 0 saturated heterocycles. The van der Waals surface area contributed by atoms with E-state index in [4.69, 9.17) is 0 Å². The fourth-order valence-corrected chi connectivity index (χ4v) is 1.10. The number of carbonyl (C=O) groups is 2. The van der Waals surface area contributed by atoms with Crippen LogP contribution in [-0.4, -0.2) is 23.9 Å². The summed E-state index contributed by atoms with van der Waals surface area (Å²) in [5.41, 5.74) is -0.335. The van der Waals surface area contributed by atoms with E-state index < -0.39 is 0 Å². The van der Waals surface area contributed by atoms with Crippen LogP contribution < -0.4 is 10.6 Å². The topological polar surface area (TPSA) is 58.2 Å². The van der Waals surface area contributed by atoms with Crippen molar-refractivity contribution in [2.75, 3.05) is 6.54 Å². The molecule has 4 nitrogen and oxygen atoms in total. The minimum Gasteiger partial charge on any atom is -0.354 e. The van der Waals surface area contributed by atoms with Crippen LogP contribution in [0, 0.1) is 0 Å². The van der Waals surface area contributed by atoms with Gasteiger partial charge in [-0.2, -0.15) is 0 Å². The summed E-state index contributed by atoms with van der Waals surface area (Å²) in [5, 5.41) is 5.72. The van der Waals surface area contributed by atoms with Crippen molar-refractivity contribution in [2.24, 2.45) is 0 Å². The smallest absolute Gasteiger partial charge is 0.220 e. The highest BCUT2D eigenvalue weighted by Gasteiger charge is 2.23. The third-order valence-corrected chi connectivity index (χ3v) is 2.54. The molecule has 0 aromatic carbocycles. The zero-order chi connectivity index (χ0) is 11.9. The standard InChI is InChI=1S/C11H22N2O2/c1-5-9(14)12-8-11(4,7-3)13-10(15)6-2/h5-8H2,1-4H3,(H,12,14)(H,13,15)/t11-/m1/s1. The first-order chi connectivity index (χ1) is 6.97. The summed E-state index contributed by atoms with van der Waals surface area (Å²) in [7, 11) is 0. The van der Waals surface area contributed by atoms with Crippen molar-refractivity contribution in [3.63, 3.8) is 0 Å². The Bertz CT molecular complexity index is 229. The largest absolute Gasteiger partial charge is 0.354 e. The zero-order valence-corrected chi connectivity index (χ0v) is 10.1. The third kappa shape index (κ3) is 5.40. The van der Waals surface area contributed by atoms with Crippen LogP contribution in [0.15, 0.2) is 0 Å². The van der Waals surface area contributed by atoms with Crippen molar-refractivity contribution in [1.29, 1.82) is 0 Å². The lowest BCUT2D eigenvalue weighted by Crippen LogP contribution is -2.53. The summed E-state index contributed by atoms with van der Waals surface area (Å²) in [6.07, 6.45) is 1.74. The quantitative estimate of drug-likeness (QED) is 0.698. The number of hydrogen-bond donors (Lipinski definition) is 2. The van der Waals surface area contributed by atoms with Crippen molar-refractivity contribution in [1.82, 2.24) is 10.6 Å². The van der Waals surface area contributed by atoms with Crippen molar-refractivity contribution in [3.8, 4) is 0 Å². The van der Waals surface area contributed by atoms with Gasteiger partial charge in [-0.15, -0.1) is 0 Å². The van der Waals surface area contributed by atoms with Crippen LogP contribution in [0.4, 0.5) is 0 Å². The Kier molecular flexibility index (Phi) is 5.97. The van der Waals surface area contributed by atoms with E-state index in [0.717, 1.165) is 6.42 Å². The van der Waals surface area contributed by atoms with Crippen LogP contribution in [0.1, 0.15) is 47.0 Å². The molecular formula is C11H22N2O2.